The first kappa shape index (κ1) is 17.3. The first-order chi connectivity index (χ1) is 12.0. The van der Waals surface area contributed by atoms with E-state index in [1.165, 1.54) is 18.9 Å². The average Bonchev–Trinajstić information content (AvgIpc) is 3.01. The zero-order chi connectivity index (χ0) is 18.0. The predicted molar refractivity (Wildman–Crippen MR) is 95.8 cm³/mol. The molecule has 1 aliphatic rings. The highest BCUT2D eigenvalue weighted by Crippen LogP contribution is 2.33. The molecule has 0 aliphatic carbocycles. The molecular weight excluding hydrogens is 342 g/mol. The van der Waals surface area contributed by atoms with Crippen LogP contribution >= 0.6 is 11.8 Å². The van der Waals surface area contributed by atoms with Gasteiger partial charge in [0.05, 0.1) is 25.9 Å². The third-order valence-corrected chi connectivity index (χ3v) is 5.11. The van der Waals surface area contributed by atoms with Gasteiger partial charge in [0, 0.05) is 30.0 Å². The number of ether oxygens (including phenoxy) is 2. The van der Waals surface area contributed by atoms with Gasteiger partial charge in [-0.1, -0.05) is 11.8 Å². The molecule has 2 aromatic rings. The largest absolute Gasteiger partial charge is 0.497 e. The molecule has 3 rings (SSSR count). The van der Waals surface area contributed by atoms with E-state index in [1.807, 2.05) is 0 Å². The second-order valence-electron chi connectivity index (χ2n) is 5.68. The van der Waals surface area contributed by atoms with Gasteiger partial charge in [0.2, 0.25) is 5.91 Å². The Kier molecular flexibility index (Phi) is 4.98. The topological polar surface area (TPSA) is 82.5 Å². The van der Waals surface area contributed by atoms with Gasteiger partial charge < -0.3 is 14.8 Å². The van der Waals surface area contributed by atoms with Crippen LogP contribution < -0.4 is 20.3 Å². The fraction of sp³-hybridized carbons (Fsp3) is 0.353. The Morgan fingerprint density at radius 1 is 1.40 bits per heavy atom. The number of anilines is 1. The van der Waals surface area contributed by atoms with Crippen molar-refractivity contribution in [3.8, 4) is 11.5 Å². The fourth-order valence-corrected chi connectivity index (χ4v) is 3.80. The highest BCUT2D eigenvalue weighted by molar-refractivity contribution is 7.99. The fourth-order valence-electron chi connectivity index (χ4n) is 2.70. The Labute approximate surface area is 149 Å². The maximum Gasteiger partial charge on any atom is 0.257 e. The van der Waals surface area contributed by atoms with Crippen molar-refractivity contribution in [2.24, 2.45) is 0 Å². The minimum Gasteiger partial charge on any atom is -0.497 e. The average molecular weight is 361 g/mol. The lowest BCUT2D eigenvalue weighted by atomic mass is 10.2. The van der Waals surface area contributed by atoms with Crippen LogP contribution in [0.3, 0.4) is 0 Å². The zero-order valence-electron chi connectivity index (χ0n) is 14.2. The van der Waals surface area contributed by atoms with Crippen molar-refractivity contribution in [1.82, 2.24) is 9.55 Å². The number of carbonyl (C=O) groups excluding carboxylic acids is 1. The third kappa shape index (κ3) is 3.48. The van der Waals surface area contributed by atoms with E-state index in [2.05, 4.69) is 10.3 Å². The molecule has 25 heavy (non-hydrogen) atoms. The summed E-state index contributed by atoms with van der Waals surface area (Å²) in [6.07, 6.45) is 1.76. The van der Waals surface area contributed by atoms with Crippen molar-refractivity contribution in [2.75, 3.05) is 25.3 Å². The summed E-state index contributed by atoms with van der Waals surface area (Å²) < 4.78 is 12.1. The summed E-state index contributed by atoms with van der Waals surface area (Å²) in [7, 11) is 3.09. The molecule has 1 unspecified atom stereocenters. The molecule has 132 valence electrons. The van der Waals surface area contributed by atoms with Crippen LogP contribution in [-0.4, -0.2) is 35.4 Å². The number of aryl methyl sites for hydroxylation is 1. The third-order valence-electron chi connectivity index (χ3n) is 4.00. The van der Waals surface area contributed by atoms with Crippen LogP contribution in [0.2, 0.25) is 0 Å². The Morgan fingerprint density at radius 2 is 2.20 bits per heavy atom. The number of methoxy groups -OCH3 is 2. The summed E-state index contributed by atoms with van der Waals surface area (Å²) in [6.45, 7) is 1.73. The predicted octanol–water partition coefficient (Wildman–Crippen LogP) is 2.24. The highest BCUT2D eigenvalue weighted by atomic mass is 32.2. The van der Waals surface area contributed by atoms with Crippen molar-refractivity contribution >= 4 is 23.4 Å². The smallest absolute Gasteiger partial charge is 0.257 e. The van der Waals surface area contributed by atoms with Crippen LogP contribution in [0.1, 0.15) is 18.0 Å². The van der Waals surface area contributed by atoms with Crippen LogP contribution in [0.15, 0.2) is 34.3 Å². The van der Waals surface area contributed by atoms with E-state index < -0.39 is 0 Å². The maximum absolute atomic E-state index is 12.5. The molecule has 0 saturated carbocycles. The van der Waals surface area contributed by atoms with Gasteiger partial charge in [0.1, 0.15) is 11.5 Å². The Bertz CT molecular complexity index is 865. The van der Waals surface area contributed by atoms with E-state index in [-0.39, 0.29) is 23.9 Å². The van der Waals surface area contributed by atoms with Crippen molar-refractivity contribution in [2.45, 2.75) is 24.5 Å². The number of fused-ring (bicyclic) bond motifs is 1. The van der Waals surface area contributed by atoms with Crippen LogP contribution in [0, 0.1) is 6.92 Å². The number of benzene rings is 1. The molecule has 0 bridgehead atoms. The number of aromatic nitrogens is 2. The summed E-state index contributed by atoms with van der Waals surface area (Å²) in [4.78, 5) is 29.1. The lowest BCUT2D eigenvalue weighted by Gasteiger charge is -2.15. The minimum atomic E-state index is -0.212. The number of hydrogen-bond acceptors (Lipinski definition) is 6. The van der Waals surface area contributed by atoms with Crippen molar-refractivity contribution in [1.29, 1.82) is 0 Å². The van der Waals surface area contributed by atoms with Gasteiger partial charge in [-0.3, -0.25) is 14.2 Å². The quantitative estimate of drug-likeness (QED) is 0.823. The Hall–Kier alpha value is -2.48. The van der Waals surface area contributed by atoms with E-state index in [9.17, 15) is 9.59 Å². The first-order valence-corrected chi connectivity index (χ1v) is 8.75. The molecule has 1 atom stereocenters. The van der Waals surface area contributed by atoms with E-state index in [1.54, 1.807) is 43.0 Å². The summed E-state index contributed by atoms with van der Waals surface area (Å²) >= 11 is 1.49. The summed E-state index contributed by atoms with van der Waals surface area (Å²) in [5.41, 5.74) is 1.02. The van der Waals surface area contributed by atoms with E-state index in [0.29, 0.717) is 33.7 Å². The lowest BCUT2D eigenvalue weighted by molar-refractivity contribution is -0.116. The van der Waals surface area contributed by atoms with Crippen LogP contribution in [-0.2, 0) is 4.79 Å². The van der Waals surface area contributed by atoms with Gasteiger partial charge in [0.15, 0.2) is 5.16 Å². The number of thioether (sulfide) groups is 1. The first-order valence-electron chi connectivity index (χ1n) is 7.76. The lowest BCUT2D eigenvalue weighted by Crippen LogP contribution is -2.28. The van der Waals surface area contributed by atoms with Crippen LogP contribution in [0.4, 0.5) is 5.69 Å². The van der Waals surface area contributed by atoms with Gasteiger partial charge in [-0.25, -0.2) is 4.98 Å². The molecule has 0 radical (unpaired) electrons. The molecule has 0 saturated heterocycles. The van der Waals surface area contributed by atoms with E-state index >= 15 is 0 Å². The number of hydrogen-bond donors (Lipinski definition) is 1. The standard InChI is InChI=1S/C17H19N3O4S/c1-10-8-18-17-20(16(10)22)11(9-25-17)6-15(21)19-13-7-12(23-2)4-5-14(13)24-3/h4-5,7-8,11H,6,9H2,1-3H3,(H,19,21). The van der Waals surface area contributed by atoms with E-state index in [4.69, 9.17) is 9.47 Å². The molecule has 1 aromatic heterocycles. The zero-order valence-corrected chi connectivity index (χ0v) is 15.1. The number of nitrogens with zero attached hydrogens (tertiary/aromatic N) is 2. The molecule has 1 amide bonds. The number of amides is 1. The molecule has 1 N–H and O–H groups in total. The molecular formula is C17H19N3O4S. The molecule has 0 fully saturated rings. The van der Waals surface area contributed by atoms with Gasteiger partial charge in [-0.05, 0) is 19.1 Å². The Balaban J connectivity index is 1.78. The normalized spacial score (nSPS) is 15.6. The van der Waals surface area contributed by atoms with Crippen molar-refractivity contribution < 1.29 is 14.3 Å². The second-order valence-corrected chi connectivity index (χ2v) is 6.67. The van der Waals surface area contributed by atoms with Crippen LogP contribution in [0.25, 0.3) is 0 Å². The molecule has 7 nitrogen and oxygen atoms in total. The SMILES string of the molecule is COc1ccc(OC)c(NC(=O)CC2CSc3ncc(C)c(=O)n32)c1. The number of rotatable bonds is 5. The van der Waals surface area contributed by atoms with Crippen molar-refractivity contribution in [3.63, 3.8) is 0 Å². The summed E-state index contributed by atoms with van der Waals surface area (Å²) in [5.74, 6) is 1.62. The molecule has 0 spiro atoms. The number of nitrogens with one attached hydrogen (secondary N) is 1. The summed E-state index contributed by atoms with van der Waals surface area (Å²) in [6, 6.07) is 4.97. The van der Waals surface area contributed by atoms with Gasteiger partial charge in [-0.15, -0.1) is 0 Å². The monoisotopic (exact) mass is 361 g/mol. The second kappa shape index (κ2) is 7.18. The molecule has 1 aliphatic heterocycles. The summed E-state index contributed by atoms with van der Waals surface area (Å²) in [5, 5.41) is 3.50. The molecule has 2 heterocycles. The molecule has 8 heteroatoms. The van der Waals surface area contributed by atoms with Gasteiger partial charge >= 0.3 is 0 Å². The minimum absolute atomic E-state index is 0.0910. The number of carbonyl (C=O) groups is 1. The highest BCUT2D eigenvalue weighted by Gasteiger charge is 2.27. The maximum atomic E-state index is 12.5. The molecule has 1 aromatic carbocycles. The van der Waals surface area contributed by atoms with Crippen LogP contribution in [0.5, 0.6) is 11.5 Å². The van der Waals surface area contributed by atoms with Gasteiger partial charge in [-0.2, -0.15) is 0 Å². The van der Waals surface area contributed by atoms with Gasteiger partial charge in [0.25, 0.3) is 5.56 Å². The van der Waals surface area contributed by atoms with E-state index in [0.717, 1.165) is 0 Å². The Morgan fingerprint density at radius 3 is 2.92 bits per heavy atom. The van der Waals surface area contributed by atoms with Crippen molar-refractivity contribution in [3.05, 3.63) is 40.3 Å².